The molecule has 0 aliphatic heterocycles. The van der Waals surface area contributed by atoms with Gasteiger partial charge >= 0.3 is 5.97 Å². The Bertz CT molecular complexity index is 973. The molecule has 0 atom stereocenters. The standard InChI is InChI=1S/C15H15B4N3O4/c16-10-6(2-20)11(17)13(19)12(18)9(10)5-1-7(23)14(21-3-5)15(26)22-4-8(24)25/h1,3,23H,4,16-19H2,(H,22,26)(H,24,25). The van der Waals surface area contributed by atoms with Crippen LogP contribution >= 0.6 is 0 Å². The van der Waals surface area contributed by atoms with Gasteiger partial charge < -0.3 is 15.5 Å². The fourth-order valence-electron chi connectivity index (χ4n) is 2.95. The molecule has 0 bridgehead atoms. The average Bonchev–Trinajstić information content (AvgIpc) is 2.58. The number of benzene rings is 1. The molecule has 2 aromatic rings. The zero-order chi connectivity index (χ0) is 19.6. The highest BCUT2D eigenvalue weighted by Gasteiger charge is 2.19. The van der Waals surface area contributed by atoms with Crippen molar-refractivity contribution in [3.8, 4) is 22.9 Å². The molecule has 3 N–H and O–H groups in total. The van der Waals surface area contributed by atoms with Gasteiger partial charge in [-0.3, -0.25) is 9.59 Å². The van der Waals surface area contributed by atoms with E-state index < -0.39 is 18.4 Å². The van der Waals surface area contributed by atoms with Gasteiger partial charge in [-0.15, -0.1) is 0 Å². The van der Waals surface area contributed by atoms with Crippen LogP contribution in [-0.2, 0) is 4.79 Å². The highest BCUT2D eigenvalue weighted by Crippen LogP contribution is 2.22. The first-order valence-corrected chi connectivity index (χ1v) is 7.88. The zero-order valence-corrected chi connectivity index (χ0v) is 15.0. The van der Waals surface area contributed by atoms with E-state index in [4.69, 9.17) is 5.11 Å². The van der Waals surface area contributed by atoms with E-state index in [0.29, 0.717) is 11.1 Å². The van der Waals surface area contributed by atoms with Crippen molar-refractivity contribution in [2.24, 2.45) is 0 Å². The minimum atomic E-state index is -1.19. The first kappa shape index (κ1) is 19.2. The smallest absolute Gasteiger partial charge is 0.322 e. The number of aliphatic carboxylic acids is 1. The van der Waals surface area contributed by atoms with Crippen LogP contribution in [0.15, 0.2) is 12.3 Å². The Morgan fingerprint density at radius 3 is 2.35 bits per heavy atom. The van der Waals surface area contributed by atoms with Crippen LogP contribution in [0.2, 0.25) is 0 Å². The van der Waals surface area contributed by atoms with Crippen LogP contribution in [0.5, 0.6) is 5.75 Å². The predicted molar refractivity (Wildman–Crippen MR) is 109 cm³/mol. The summed E-state index contributed by atoms with van der Waals surface area (Å²) < 4.78 is 0. The van der Waals surface area contributed by atoms with Gasteiger partial charge in [-0.05, 0) is 11.6 Å². The van der Waals surface area contributed by atoms with Crippen LogP contribution in [0.3, 0.4) is 0 Å². The van der Waals surface area contributed by atoms with Crippen molar-refractivity contribution in [2.75, 3.05) is 6.54 Å². The minimum Gasteiger partial charge on any atom is -0.505 e. The molecule has 0 fully saturated rings. The van der Waals surface area contributed by atoms with E-state index in [1.54, 1.807) is 0 Å². The molecule has 0 saturated heterocycles. The van der Waals surface area contributed by atoms with E-state index in [9.17, 15) is 20.0 Å². The number of aromatic nitrogens is 1. The van der Waals surface area contributed by atoms with Crippen molar-refractivity contribution < 1.29 is 19.8 Å². The number of rotatable bonds is 4. The largest absolute Gasteiger partial charge is 0.505 e. The number of pyridine rings is 1. The number of carbonyl (C=O) groups is 2. The van der Waals surface area contributed by atoms with E-state index in [1.165, 1.54) is 12.3 Å². The van der Waals surface area contributed by atoms with Crippen molar-refractivity contribution >= 4 is 65.1 Å². The maximum atomic E-state index is 11.9. The number of nitrogens with one attached hydrogen (secondary N) is 1. The first-order chi connectivity index (χ1) is 12.2. The summed E-state index contributed by atoms with van der Waals surface area (Å²) in [5.74, 6) is -2.33. The molecule has 0 aliphatic carbocycles. The predicted octanol–water partition coefficient (Wildman–Crippen LogP) is -5.83. The molecule has 11 heteroatoms. The Hall–Kier alpha value is -3.14. The molecular weight excluding hydrogens is 329 g/mol. The van der Waals surface area contributed by atoms with Crippen LogP contribution in [0.4, 0.5) is 0 Å². The van der Waals surface area contributed by atoms with E-state index in [-0.39, 0.29) is 11.4 Å². The van der Waals surface area contributed by atoms with Crippen molar-refractivity contribution in [3.05, 3.63) is 23.5 Å². The van der Waals surface area contributed by atoms with Crippen LogP contribution < -0.4 is 27.2 Å². The summed E-state index contributed by atoms with van der Waals surface area (Å²) in [5.41, 5.74) is 5.30. The van der Waals surface area contributed by atoms with Crippen LogP contribution in [-0.4, -0.2) is 65.0 Å². The number of nitriles is 1. The lowest BCUT2D eigenvalue weighted by molar-refractivity contribution is -0.135. The van der Waals surface area contributed by atoms with Gasteiger partial charge in [0.1, 0.15) is 43.7 Å². The quantitative estimate of drug-likeness (QED) is 0.475. The second kappa shape index (κ2) is 7.40. The van der Waals surface area contributed by atoms with Crippen molar-refractivity contribution in [1.82, 2.24) is 10.3 Å². The Kier molecular flexibility index (Phi) is 5.46. The Morgan fingerprint density at radius 2 is 1.81 bits per heavy atom. The Morgan fingerprint density at radius 1 is 1.15 bits per heavy atom. The van der Waals surface area contributed by atoms with Crippen LogP contribution in [0.25, 0.3) is 11.1 Å². The second-order valence-electron chi connectivity index (χ2n) is 6.03. The zero-order valence-electron chi connectivity index (χ0n) is 15.0. The summed E-state index contributed by atoms with van der Waals surface area (Å²) in [6.07, 6.45) is 1.43. The lowest BCUT2D eigenvalue weighted by Gasteiger charge is -2.19. The molecule has 0 aliphatic rings. The molecular formula is C15H15B4N3O4. The third-order valence-corrected chi connectivity index (χ3v) is 4.51. The number of carbonyl (C=O) groups excluding carboxylic acids is 1. The number of nitrogens with zero attached hydrogens (tertiary/aromatic N) is 2. The monoisotopic (exact) mass is 345 g/mol. The molecule has 0 radical (unpaired) electrons. The molecule has 0 unspecified atom stereocenters. The van der Waals surface area contributed by atoms with E-state index >= 15 is 0 Å². The maximum absolute atomic E-state index is 11.9. The summed E-state index contributed by atoms with van der Waals surface area (Å²) in [4.78, 5) is 26.4. The molecule has 126 valence electrons. The van der Waals surface area contributed by atoms with Gasteiger partial charge in [0, 0.05) is 17.3 Å². The molecule has 1 aromatic carbocycles. The highest BCUT2D eigenvalue weighted by molar-refractivity contribution is 6.62. The molecule has 7 nitrogen and oxygen atoms in total. The fourth-order valence-corrected chi connectivity index (χ4v) is 2.95. The van der Waals surface area contributed by atoms with Gasteiger partial charge in [-0.1, -0.05) is 21.9 Å². The summed E-state index contributed by atoms with van der Waals surface area (Å²) in [6.45, 7) is -0.567. The summed E-state index contributed by atoms with van der Waals surface area (Å²) in [6, 6.07) is 3.61. The number of carboxylic acids is 1. The van der Waals surface area contributed by atoms with Crippen LogP contribution in [0, 0.1) is 11.3 Å². The lowest BCUT2D eigenvalue weighted by Crippen LogP contribution is -2.46. The second-order valence-corrected chi connectivity index (χ2v) is 6.03. The molecule has 2 rings (SSSR count). The molecule has 1 aromatic heterocycles. The normalized spacial score (nSPS) is 10.1. The lowest BCUT2D eigenvalue weighted by atomic mass is 9.63. The minimum absolute atomic E-state index is 0.255. The van der Waals surface area contributed by atoms with Crippen LogP contribution in [0.1, 0.15) is 16.1 Å². The summed E-state index contributed by atoms with van der Waals surface area (Å²) in [7, 11) is 7.58. The third-order valence-electron chi connectivity index (χ3n) is 4.51. The number of hydrogen-bond acceptors (Lipinski definition) is 5. The molecule has 1 amide bonds. The maximum Gasteiger partial charge on any atom is 0.322 e. The van der Waals surface area contributed by atoms with Gasteiger partial charge in [-0.2, -0.15) is 5.26 Å². The first-order valence-electron chi connectivity index (χ1n) is 7.88. The van der Waals surface area contributed by atoms with Gasteiger partial charge in [-0.25, -0.2) is 4.98 Å². The molecule has 26 heavy (non-hydrogen) atoms. The topological polar surface area (TPSA) is 123 Å². The Labute approximate surface area is 154 Å². The molecule has 1 heterocycles. The van der Waals surface area contributed by atoms with Gasteiger partial charge in [0.05, 0.1) is 6.07 Å². The average molecular weight is 345 g/mol. The highest BCUT2D eigenvalue weighted by atomic mass is 16.4. The number of amides is 1. The van der Waals surface area contributed by atoms with Crippen molar-refractivity contribution in [3.63, 3.8) is 0 Å². The number of aromatic hydroxyl groups is 1. The number of carboxylic acid groups (broad SMARTS) is 1. The number of hydrogen-bond donors (Lipinski definition) is 3. The SMILES string of the molecule is Bc1c(B)c(C#N)c(B)c(-c2cnc(C(=O)NCC(=O)O)c(O)c2)c1B. The van der Waals surface area contributed by atoms with E-state index in [0.717, 1.165) is 27.4 Å². The van der Waals surface area contributed by atoms with Gasteiger partial charge in [0.2, 0.25) is 0 Å². The van der Waals surface area contributed by atoms with Crippen molar-refractivity contribution in [1.29, 1.82) is 5.26 Å². The van der Waals surface area contributed by atoms with Gasteiger partial charge in [0.15, 0.2) is 5.69 Å². The molecule has 0 saturated carbocycles. The Balaban J connectivity index is 2.54. The summed E-state index contributed by atoms with van der Waals surface area (Å²) in [5, 5.41) is 30.4. The third kappa shape index (κ3) is 3.45. The van der Waals surface area contributed by atoms with Crippen molar-refractivity contribution in [2.45, 2.75) is 0 Å². The van der Waals surface area contributed by atoms with E-state index in [2.05, 4.69) is 16.4 Å². The van der Waals surface area contributed by atoms with E-state index in [1.807, 2.05) is 31.4 Å². The summed E-state index contributed by atoms with van der Waals surface area (Å²) >= 11 is 0. The molecule has 0 spiro atoms. The fraction of sp³-hybridized carbons (Fsp3) is 0.0667. The van der Waals surface area contributed by atoms with Gasteiger partial charge in [0.25, 0.3) is 5.91 Å².